The van der Waals surface area contributed by atoms with Crippen molar-refractivity contribution in [3.63, 3.8) is 0 Å². The average molecular weight is 292 g/mol. The van der Waals surface area contributed by atoms with Gasteiger partial charge in [-0.2, -0.15) is 0 Å². The van der Waals surface area contributed by atoms with Crippen LogP contribution in [0.2, 0.25) is 0 Å². The number of hydrogen-bond donors (Lipinski definition) is 1. The molecule has 3 heteroatoms. The smallest absolute Gasteiger partial charge is 0.127 e. The summed E-state index contributed by atoms with van der Waals surface area (Å²) in [7, 11) is 2.13. The lowest BCUT2D eigenvalue weighted by Gasteiger charge is -2.46. The topological polar surface area (TPSA) is 15.3 Å². The molecule has 0 spiro atoms. The van der Waals surface area contributed by atoms with Crippen LogP contribution in [-0.2, 0) is 0 Å². The second kappa shape index (κ2) is 6.45. The minimum atomic E-state index is -0.0967. The maximum atomic E-state index is 13.9. The van der Waals surface area contributed by atoms with E-state index in [1.165, 1.54) is 12.8 Å². The van der Waals surface area contributed by atoms with Crippen LogP contribution in [0.5, 0.6) is 0 Å². The summed E-state index contributed by atoms with van der Waals surface area (Å²) in [6.45, 7) is 9.75. The Morgan fingerprint density at radius 2 is 1.95 bits per heavy atom. The molecule has 0 heterocycles. The molecule has 1 aliphatic carbocycles. The molecular formula is C18H29FN2. The molecule has 2 nitrogen and oxygen atoms in total. The van der Waals surface area contributed by atoms with E-state index >= 15 is 0 Å². The Morgan fingerprint density at radius 3 is 2.48 bits per heavy atom. The quantitative estimate of drug-likeness (QED) is 0.883. The van der Waals surface area contributed by atoms with Gasteiger partial charge in [-0.05, 0) is 66.1 Å². The summed E-state index contributed by atoms with van der Waals surface area (Å²) in [5, 5.41) is 3.60. The van der Waals surface area contributed by atoms with Gasteiger partial charge in [0.25, 0.3) is 0 Å². The van der Waals surface area contributed by atoms with Crippen molar-refractivity contribution in [3.05, 3.63) is 35.6 Å². The van der Waals surface area contributed by atoms with Gasteiger partial charge in [-0.15, -0.1) is 0 Å². The Morgan fingerprint density at radius 1 is 1.29 bits per heavy atom. The number of nitrogens with one attached hydrogen (secondary N) is 1. The Balaban J connectivity index is 1.97. The summed E-state index contributed by atoms with van der Waals surface area (Å²) in [5.74, 6) is 0.573. The molecule has 1 aromatic carbocycles. The molecule has 3 unspecified atom stereocenters. The number of hydrogen-bond acceptors (Lipinski definition) is 2. The van der Waals surface area contributed by atoms with Crippen molar-refractivity contribution < 1.29 is 4.39 Å². The lowest BCUT2D eigenvalue weighted by molar-refractivity contribution is 0.0505. The van der Waals surface area contributed by atoms with E-state index in [2.05, 4.69) is 45.0 Å². The molecule has 0 saturated heterocycles. The second-order valence-corrected chi connectivity index (χ2v) is 7.40. The van der Waals surface area contributed by atoms with Gasteiger partial charge in [-0.25, -0.2) is 4.39 Å². The standard InChI is InChI=1S/C18H29FN2/c1-13(15-8-6-7-9-16(15)19)21(5)17-11-10-14(17)12-20-18(2,3)4/h6-9,13-14,17,20H,10-12H2,1-5H3. The van der Waals surface area contributed by atoms with Gasteiger partial charge < -0.3 is 5.32 Å². The molecule has 118 valence electrons. The van der Waals surface area contributed by atoms with Gasteiger partial charge in [-0.1, -0.05) is 18.2 Å². The van der Waals surface area contributed by atoms with Crippen molar-refractivity contribution in [2.45, 2.75) is 58.2 Å². The van der Waals surface area contributed by atoms with E-state index in [1.807, 2.05) is 12.1 Å². The lowest BCUT2D eigenvalue weighted by atomic mass is 9.77. The summed E-state index contributed by atoms with van der Waals surface area (Å²) >= 11 is 0. The molecule has 0 bridgehead atoms. The monoisotopic (exact) mass is 292 g/mol. The van der Waals surface area contributed by atoms with Crippen molar-refractivity contribution >= 4 is 0 Å². The SMILES string of the molecule is CC(c1ccccc1F)N(C)C1CCC1CNC(C)(C)C. The van der Waals surface area contributed by atoms with Crippen molar-refractivity contribution in [1.82, 2.24) is 10.2 Å². The zero-order valence-electron chi connectivity index (χ0n) is 14.0. The molecule has 1 fully saturated rings. The number of nitrogens with zero attached hydrogens (tertiary/aromatic N) is 1. The highest BCUT2D eigenvalue weighted by Crippen LogP contribution is 2.36. The molecule has 0 aliphatic heterocycles. The molecular weight excluding hydrogens is 263 g/mol. The summed E-state index contributed by atoms with van der Waals surface area (Å²) in [5.41, 5.74) is 0.963. The van der Waals surface area contributed by atoms with Crippen LogP contribution in [0.3, 0.4) is 0 Å². The minimum absolute atomic E-state index is 0.0967. The first-order valence-electron chi connectivity index (χ1n) is 8.01. The van der Waals surface area contributed by atoms with Crippen LogP contribution in [-0.4, -0.2) is 30.1 Å². The van der Waals surface area contributed by atoms with Gasteiger partial charge in [0.15, 0.2) is 0 Å². The predicted molar refractivity (Wildman–Crippen MR) is 86.8 cm³/mol. The van der Waals surface area contributed by atoms with E-state index in [0.717, 1.165) is 12.1 Å². The minimum Gasteiger partial charge on any atom is -0.312 e. The predicted octanol–water partition coefficient (Wildman–Crippen LogP) is 3.99. The summed E-state index contributed by atoms with van der Waals surface area (Å²) in [6.07, 6.45) is 2.48. The van der Waals surface area contributed by atoms with Crippen LogP contribution >= 0.6 is 0 Å². The van der Waals surface area contributed by atoms with Gasteiger partial charge in [-0.3, -0.25) is 4.90 Å². The fourth-order valence-corrected chi connectivity index (χ4v) is 3.08. The molecule has 1 aromatic rings. The van der Waals surface area contributed by atoms with Gasteiger partial charge in [0.1, 0.15) is 5.82 Å². The second-order valence-electron chi connectivity index (χ2n) is 7.40. The molecule has 0 amide bonds. The molecule has 21 heavy (non-hydrogen) atoms. The maximum Gasteiger partial charge on any atom is 0.127 e. The van der Waals surface area contributed by atoms with E-state index in [1.54, 1.807) is 12.1 Å². The van der Waals surface area contributed by atoms with Crippen LogP contribution in [0.15, 0.2) is 24.3 Å². The third-order valence-electron chi connectivity index (χ3n) is 4.76. The molecule has 1 N–H and O–H groups in total. The first-order chi connectivity index (χ1) is 9.79. The third kappa shape index (κ3) is 4.04. The largest absolute Gasteiger partial charge is 0.312 e. The molecule has 1 saturated carbocycles. The molecule has 0 radical (unpaired) electrons. The molecule has 3 atom stereocenters. The molecule has 1 aliphatic rings. The summed E-state index contributed by atoms with van der Waals surface area (Å²) in [4.78, 5) is 2.34. The van der Waals surface area contributed by atoms with Crippen LogP contribution < -0.4 is 5.32 Å². The lowest BCUT2D eigenvalue weighted by Crippen LogP contribution is -2.52. The summed E-state index contributed by atoms with van der Waals surface area (Å²) in [6, 6.07) is 7.80. The zero-order chi connectivity index (χ0) is 15.6. The Labute approximate surface area is 128 Å². The van der Waals surface area contributed by atoms with Crippen LogP contribution in [0.4, 0.5) is 4.39 Å². The number of halogens is 1. The first kappa shape index (κ1) is 16.4. The fraction of sp³-hybridized carbons (Fsp3) is 0.667. The maximum absolute atomic E-state index is 13.9. The highest BCUT2D eigenvalue weighted by Gasteiger charge is 2.36. The first-order valence-corrected chi connectivity index (χ1v) is 8.01. The van der Waals surface area contributed by atoms with Crippen molar-refractivity contribution in [2.24, 2.45) is 5.92 Å². The highest BCUT2D eigenvalue weighted by molar-refractivity contribution is 5.21. The Bertz CT molecular complexity index is 467. The van der Waals surface area contributed by atoms with E-state index in [0.29, 0.717) is 12.0 Å². The van der Waals surface area contributed by atoms with Gasteiger partial charge >= 0.3 is 0 Å². The fourth-order valence-electron chi connectivity index (χ4n) is 3.08. The number of benzene rings is 1. The van der Waals surface area contributed by atoms with Crippen LogP contribution in [0.1, 0.15) is 52.1 Å². The van der Waals surface area contributed by atoms with Crippen LogP contribution in [0, 0.1) is 11.7 Å². The van der Waals surface area contributed by atoms with E-state index < -0.39 is 0 Å². The third-order valence-corrected chi connectivity index (χ3v) is 4.76. The van der Waals surface area contributed by atoms with Gasteiger partial charge in [0.05, 0.1) is 0 Å². The van der Waals surface area contributed by atoms with E-state index in [-0.39, 0.29) is 17.4 Å². The Kier molecular flexibility index (Phi) is 5.05. The average Bonchev–Trinajstić information content (AvgIpc) is 2.36. The number of rotatable bonds is 5. The van der Waals surface area contributed by atoms with Crippen molar-refractivity contribution in [1.29, 1.82) is 0 Å². The van der Waals surface area contributed by atoms with E-state index in [9.17, 15) is 4.39 Å². The van der Waals surface area contributed by atoms with Crippen molar-refractivity contribution in [3.8, 4) is 0 Å². The molecule has 2 rings (SSSR count). The van der Waals surface area contributed by atoms with Crippen LogP contribution in [0.25, 0.3) is 0 Å². The van der Waals surface area contributed by atoms with Crippen molar-refractivity contribution in [2.75, 3.05) is 13.6 Å². The highest BCUT2D eigenvalue weighted by atomic mass is 19.1. The summed E-state index contributed by atoms with van der Waals surface area (Å²) < 4.78 is 13.9. The zero-order valence-corrected chi connectivity index (χ0v) is 14.0. The Hall–Kier alpha value is -0.930. The normalized spacial score (nSPS) is 24.0. The van der Waals surface area contributed by atoms with Gasteiger partial charge in [0.2, 0.25) is 0 Å². The van der Waals surface area contributed by atoms with Gasteiger partial charge in [0, 0.05) is 23.2 Å². The van der Waals surface area contributed by atoms with E-state index in [4.69, 9.17) is 0 Å². The molecule has 0 aromatic heterocycles.